The predicted octanol–water partition coefficient (Wildman–Crippen LogP) is 1.90. The van der Waals surface area contributed by atoms with Gasteiger partial charge in [0.1, 0.15) is 5.78 Å². The summed E-state index contributed by atoms with van der Waals surface area (Å²) in [7, 11) is 2.48. The minimum atomic E-state index is -0.937. The van der Waals surface area contributed by atoms with Gasteiger partial charge in [-0.3, -0.25) is 14.4 Å². The second kappa shape index (κ2) is 7.82. The Labute approximate surface area is 119 Å². The van der Waals surface area contributed by atoms with Crippen molar-refractivity contribution < 1.29 is 23.9 Å². The first-order valence-corrected chi connectivity index (χ1v) is 6.86. The molecule has 5 heteroatoms. The van der Waals surface area contributed by atoms with E-state index in [0.717, 1.165) is 12.8 Å². The average molecular weight is 282 g/mol. The molecule has 1 aliphatic rings. The number of esters is 2. The number of Topliss-reactive ketones (excluding diaryl/α,β-unsaturated/α-hetero) is 1. The Morgan fingerprint density at radius 3 is 2.35 bits per heavy atom. The lowest BCUT2D eigenvalue weighted by Gasteiger charge is -2.14. The Morgan fingerprint density at radius 2 is 1.90 bits per heavy atom. The molecule has 0 spiro atoms. The molecule has 0 heterocycles. The van der Waals surface area contributed by atoms with Gasteiger partial charge in [0.15, 0.2) is 5.92 Å². The van der Waals surface area contributed by atoms with Gasteiger partial charge in [-0.1, -0.05) is 19.1 Å². The quantitative estimate of drug-likeness (QED) is 0.423. The predicted molar refractivity (Wildman–Crippen MR) is 72.8 cm³/mol. The van der Waals surface area contributed by atoms with Crippen LogP contribution in [0.2, 0.25) is 0 Å². The summed E-state index contributed by atoms with van der Waals surface area (Å²) in [5.41, 5.74) is 0. The second-order valence-corrected chi connectivity index (χ2v) is 5.09. The number of carbonyl (C=O) groups excluding carboxylic acids is 3. The summed E-state index contributed by atoms with van der Waals surface area (Å²) in [4.78, 5) is 34.6. The Hall–Kier alpha value is -1.65. The molecule has 2 unspecified atom stereocenters. The topological polar surface area (TPSA) is 69.7 Å². The fourth-order valence-corrected chi connectivity index (χ4v) is 2.54. The molecule has 1 fully saturated rings. The highest BCUT2D eigenvalue weighted by Gasteiger charge is 2.29. The van der Waals surface area contributed by atoms with Crippen molar-refractivity contribution in [1.82, 2.24) is 0 Å². The lowest BCUT2D eigenvalue weighted by atomic mass is 9.91. The van der Waals surface area contributed by atoms with Gasteiger partial charge in [-0.15, -0.1) is 0 Å². The van der Waals surface area contributed by atoms with Crippen LogP contribution in [0.25, 0.3) is 0 Å². The van der Waals surface area contributed by atoms with Crippen LogP contribution in [-0.4, -0.2) is 31.9 Å². The van der Waals surface area contributed by atoms with Crippen molar-refractivity contribution in [3.8, 4) is 0 Å². The van der Waals surface area contributed by atoms with Crippen LogP contribution >= 0.6 is 0 Å². The molecular formula is C15H22O5. The van der Waals surface area contributed by atoms with Gasteiger partial charge in [0.25, 0.3) is 0 Å². The van der Waals surface area contributed by atoms with Crippen molar-refractivity contribution in [2.45, 2.75) is 32.6 Å². The van der Waals surface area contributed by atoms with Crippen LogP contribution in [0.4, 0.5) is 0 Å². The summed E-state index contributed by atoms with van der Waals surface area (Å²) in [6, 6.07) is 0. The van der Waals surface area contributed by atoms with E-state index in [1.54, 1.807) is 6.08 Å². The molecule has 0 N–H and O–H groups in total. The number of ketones is 1. The summed E-state index contributed by atoms with van der Waals surface area (Å²) < 4.78 is 9.16. The zero-order valence-corrected chi connectivity index (χ0v) is 12.3. The fraction of sp³-hybridized carbons (Fsp3) is 0.667. The van der Waals surface area contributed by atoms with E-state index in [2.05, 4.69) is 9.47 Å². The highest BCUT2D eigenvalue weighted by Crippen LogP contribution is 2.29. The van der Waals surface area contributed by atoms with Gasteiger partial charge in [0.2, 0.25) is 0 Å². The van der Waals surface area contributed by atoms with E-state index in [9.17, 15) is 14.4 Å². The maximum Gasteiger partial charge on any atom is 0.320 e. The lowest BCUT2D eigenvalue weighted by molar-refractivity contribution is -0.158. The molecule has 0 aromatic carbocycles. The highest BCUT2D eigenvalue weighted by atomic mass is 16.5. The Bertz CT molecular complexity index is 383. The monoisotopic (exact) mass is 282 g/mol. The third-order valence-electron chi connectivity index (χ3n) is 3.77. The molecule has 0 radical (unpaired) electrons. The first kappa shape index (κ1) is 16.4. The number of ether oxygens (including phenoxy) is 2. The van der Waals surface area contributed by atoms with Crippen LogP contribution < -0.4 is 0 Å². The summed E-state index contributed by atoms with van der Waals surface area (Å²) in [5.74, 6) is -1.65. The van der Waals surface area contributed by atoms with Crippen LogP contribution in [0.3, 0.4) is 0 Å². The normalized spacial score (nSPS) is 20.4. The van der Waals surface area contributed by atoms with Crippen molar-refractivity contribution in [2.75, 3.05) is 14.2 Å². The zero-order valence-electron chi connectivity index (χ0n) is 12.3. The third kappa shape index (κ3) is 4.18. The van der Waals surface area contributed by atoms with E-state index < -0.39 is 17.9 Å². The van der Waals surface area contributed by atoms with Crippen LogP contribution in [-0.2, 0) is 23.9 Å². The number of allylic oxidation sites excluding steroid dienone is 2. The Morgan fingerprint density at radius 1 is 1.30 bits per heavy atom. The second-order valence-electron chi connectivity index (χ2n) is 5.09. The molecule has 0 aliphatic heterocycles. The third-order valence-corrected chi connectivity index (χ3v) is 3.77. The largest absolute Gasteiger partial charge is 0.468 e. The lowest BCUT2D eigenvalue weighted by Crippen LogP contribution is -2.26. The fourth-order valence-electron chi connectivity index (χ4n) is 2.54. The van der Waals surface area contributed by atoms with Gasteiger partial charge in [0.05, 0.1) is 14.2 Å². The minimum absolute atomic E-state index is 0.0703. The Balaban J connectivity index is 2.57. The van der Waals surface area contributed by atoms with Crippen molar-refractivity contribution in [3.63, 3.8) is 0 Å². The number of hydrogen-bond donors (Lipinski definition) is 0. The van der Waals surface area contributed by atoms with Gasteiger partial charge in [-0.05, 0) is 25.2 Å². The summed E-state index contributed by atoms with van der Waals surface area (Å²) >= 11 is 0. The highest BCUT2D eigenvalue weighted by molar-refractivity contribution is 5.94. The van der Waals surface area contributed by atoms with Crippen LogP contribution in [0, 0.1) is 17.8 Å². The molecule has 20 heavy (non-hydrogen) atoms. The SMILES string of the molecule is COC(=O)C(C/C=C/C(C)C1CCCC1=O)C(=O)OC. The molecule has 112 valence electrons. The molecule has 0 aromatic heterocycles. The van der Waals surface area contributed by atoms with Gasteiger partial charge >= 0.3 is 11.9 Å². The maximum absolute atomic E-state index is 11.6. The van der Waals surface area contributed by atoms with Crippen molar-refractivity contribution in [2.24, 2.45) is 17.8 Å². The van der Waals surface area contributed by atoms with E-state index in [-0.39, 0.29) is 18.3 Å². The van der Waals surface area contributed by atoms with Gasteiger partial charge in [-0.25, -0.2) is 0 Å². The molecule has 1 rings (SSSR count). The van der Waals surface area contributed by atoms with Crippen LogP contribution in [0.15, 0.2) is 12.2 Å². The van der Waals surface area contributed by atoms with Crippen molar-refractivity contribution in [3.05, 3.63) is 12.2 Å². The summed E-state index contributed by atoms with van der Waals surface area (Å²) in [5, 5.41) is 0. The first-order chi connectivity index (χ1) is 9.51. The van der Waals surface area contributed by atoms with Crippen LogP contribution in [0.1, 0.15) is 32.6 Å². The number of rotatable bonds is 6. The van der Waals surface area contributed by atoms with Gasteiger partial charge in [-0.2, -0.15) is 0 Å². The zero-order chi connectivity index (χ0) is 15.1. The first-order valence-electron chi connectivity index (χ1n) is 6.86. The smallest absolute Gasteiger partial charge is 0.320 e. The van der Waals surface area contributed by atoms with E-state index >= 15 is 0 Å². The Kier molecular flexibility index (Phi) is 6.42. The van der Waals surface area contributed by atoms with E-state index in [0.29, 0.717) is 12.2 Å². The number of hydrogen-bond acceptors (Lipinski definition) is 5. The molecular weight excluding hydrogens is 260 g/mol. The summed E-state index contributed by atoms with van der Waals surface area (Å²) in [6.07, 6.45) is 6.42. The standard InChI is InChI=1S/C15H22O5/c1-10(11-7-5-9-13(11)16)6-4-8-12(14(17)19-2)15(18)20-3/h4,6,10-12H,5,7-9H2,1-3H3/b6-4+. The molecule has 5 nitrogen and oxygen atoms in total. The molecule has 1 saturated carbocycles. The average Bonchev–Trinajstić information content (AvgIpc) is 2.88. The maximum atomic E-state index is 11.6. The molecule has 1 aliphatic carbocycles. The molecule has 2 atom stereocenters. The molecule has 0 amide bonds. The van der Waals surface area contributed by atoms with E-state index in [1.165, 1.54) is 14.2 Å². The molecule has 0 saturated heterocycles. The van der Waals surface area contributed by atoms with Crippen LogP contribution in [0.5, 0.6) is 0 Å². The van der Waals surface area contributed by atoms with Gasteiger partial charge < -0.3 is 9.47 Å². The van der Waals surface area contributed by atoms with Gasteiger partial charge in [0, 0.05) is 12.3 Å². The van der Waals surface area contributed by atoms with Crippen molar-refractivity contribution in [1.29, 1.82) is 0 Å². The minimum Gasteiger partial charge on any atom is -0.468 e. The van der Waals surface area contributed by atoms with E-state index in [1.807, 2.05) is 13.0 Å². The van der Waals surface area contributed by atoms with E-state index in [4.69, 9.17) is 0 Å². The number of methoxy groups -OCH3 is 2. The molecule has 0 aromatic rings. The number of carbonyl (C=O) groups is 3. The summed E-state index contributed by atoms with van der Waals surface area (Å²) in [6.45, 7) is 1.98. The molecule has 0 bridgehead atoms. The van der Waals surface area contributed by atoms with Crippen molar-refractivity contribution >= 4 is 17.7 Å².